The van der Waals surface area contributed by atoms with Gasteiger partial charge in [0.15, 0.2) is 0 Å². The van der Waals surface area contributed by atoms with Gasteiger partial charge in [0.25, 0.3) is 0 Å². The van der Waals surface area contributed by atoms with Crippen LogP contribution in [0.15, 0.2) is 12.1 Å². The molecule has 0 saturated carbocycles. The molecule has 1 unspecified atom stereocenters. The summed E-state index contributed by atoms with van der Waals surface area (Å²) in [4.78, 5) is 17.1. The van der Waals surface area contributed by atoms with Gasteiger partial charge in [-0.25, -0.2) is 4.98 Å². The van der Waals surface area contributed by atoms with Gasteiger partial charge < -0.3 is 15.0 Å². The molecule has 1 saturated heterocycles. The third kappa shape index (κ3) is 3.36. The van der Waals surface area contributed by atoms with E-state index in [4.69, 9.17) is 4.74 Å². The second kappa shape index (κ2) is 6.51. The van der Waals surface area contributed by atoms with Gasteiger partial charge in [-0.3, -0.25) is 10.1 Å². The maximum atomic E-state index is 11.2. The van der Waals surface area contributed by atoms with Crippen LogP contribution in [0.5, 0.6) is 0 Å². The topological polar surface area (TPSA) is 80.5 Å². The van der Waals surface area contributed by atoms with E-state index >= 15 is 0 Å². The van der Waals surface area contributed by atoms with Crippen LogP contribution in [-0.2, 0) is 4.74 Å². The lowest BCUT2D eigenvalue weighted by Crippen LogP contribution is -2.31. The molecule has 1 atom stereocenters. The van der Waals surface area contributed by atoms with E-state index in [-0.39, 0.29) is 16.7 Å². The minimum Gasteiger partial charge on any atom is -0.377 e. The molecule has 1 aliphatic heterocycles. The van der Waals surface area contributed by atoms with Crippen LogP contribution in [0.3, 0.4) is 0 Å². The van der Waals surface area contributed by atoms with E-state index in [1.165, 1.54) is 6.07 Å². The van der Waals surface area contributed by atoms with Crippen molar-refractivity contribution >= 4 is 17.3 Å². The van der Waals surface area contributed by atoms with Crippen LogP contribution >= 0.6 is 0 Å². The van der Waals surface area contributed by atoms with E-state index in [1.54, 1.807) is 6.07 Å². The SMILES string of the molecule is CCNc1ccc([N+](=O)[O-])c(N2CCCOC(C)C2)n1. The van der Waals surface area contributed by atoms with E-state index in [2.05, 4.69) is 10.3 Å². The third-order valence-electron chi connectivity index (χ3n) is 3.16. The lowest BCUT2D eigenvalue weighted by molar-refractivity contribution is -0.384. The van der Waals surface area contributed by atoms with Crippen molar-refractivity contribution in [1.29, 1.82) is 0 Å². The minimum atomic E-state index is -0.380. The van der Waals surface area contributed by atoms with Crippen LogP contribution in [-0.4, -0.2) is 42.3 Å². The van der Waals surface area contributed by atoms with Gasteiger partial charge in [-0.05, 0) is 26.3 Å². The van der Waals surface area contributed by atoms with Crippen molar-refractivity contribution in [3.8, 4) is 0 Å². The van der Waals surface area contributed by atoms with Crippen molar-refractivity contribution in [1.82, 2.24) is 4.98 Å². The van der Waals surface area contributed by atoms with E-state index in [0.717, 1.165) is 13.0 Å². The predicted molar refractivity (Wildman–Crippen MR) is 77.3 cm³/mol. The molecule has 0 bridgehead atoms. The molecule has 7 nitrogen and oxygen atoms in total. The largest absolute Gasteiger partial charge is 0.377 e. The summed E-state index contributed by atoms with van der Waals surface area (Å²) < 4.78 is 5.58. The van der Waals surface area contributed by atoms with Gasteiger partial charge in [0.2, 0.25) is 5.82 Å². The summed E-state index contributed by atoms with van der Waals surface area (Å²) >= 11 is 0. The highest BCUT2D eigenvalue weighted by Crippen LogP contribution is 2.28. The maximum Gasteiger partial charge on any atom is 0.311 e. The standard InChI is InChI=1S/C13H20N4O3/c1-3-14-12-6-5-11(17(18)19)13(15-12)16-7-4-8-20-10(2)9-16/h5-6,10H,3-4,7-9H2,1-2H3,(H,14,15). The normalized spacial score (nSPS) is 19.5. The fourth-order valence-electron chi connectivity index (χ4n) is 2.28. The van der Waals surface area contributed by atoms with E-state index in [9.17, 15) is 10.1 Å². The highest BCUT2D eigenvalue weighted by Gasteiger charge is 2.24. The first-order valence-electron chi connectivity index (χ1n) is 6.87. The molecule has 2 heterocycles. The lowest BCUT2D eigenvalue weighted by Gasteiger charge is -2.23. The fraction of sp³-hybridized carbons (Fsp3) is 0.615. The quantitative estimate of drug-likeness (QED) is 0.671. The van der Waals surface area contributed by atoms with Gasteiger partial charge in [-0.1, -0.05) is 0 Å². The van der Waals surface area contributed by atoms with E-state index < -0.39 is 0 Å². The molecule has 0 amide bonds. The number of hydrogen-bond acceptors (Lipinski definition) is 6. The maximum absolute atomic E-state index is 11.2. The van der Waals surface area contributed by atoms with Crippen LogP contribution in [0, 0.1) is 10.1 Å². The average Bonchev–Trinajstić information content (AvgIpc) is 2.63. The molecule has 1 N–H and O–H groups in total. The summed E-state index contributed by atoms with van der Waals surface area (Å²) in [7, 11) is 0. The Morgan fingerprint density at radius 3 is 3.10 bits per heavy atom. The molecule has 0 spiro atoms. The molecule has 0 aromatic carbocycles. The Balaban J connectivity index is 2.34. The number of rotatable bonds is 4. The van der Waals surface area contributed by atoms with Gasteiger partial charge in [-0.15, -0.1) is 0 Å². The molecule has 1 aliphatic rings. The number of nitrogens with zero attached hydrogens (tertiary/aromatic N) is 3. The second-order valence-electron chi connectivity index (χ2n) is 4.81. The summed E-state index contributed by atoms with van der Waals surface area (Å²) in [6.07, 6.45) is 0.885. The number of anilines is 2. The summed E-state index contributed by atoms with van der Waals surface area (Å²) in [5.41, 5.74) is 0.0424. The van der Waals surface area contributed by atoms with Gasteiger partial charge in [0, 0.05) is 32.3 Å². The number of ether oxygens (including phenoxy) is 1. The number of nitro groups is 1. The summed E-state index contributed by atoms with van der Waals surface area (Å²) in [5.74, 6) is 1.08. The average molecular weight is 280 g/mol. The van der Waals surface area contributed by atoms with Gasteiger partial charge in [0.05, 0.1) is 11.0 Å². The highest BCUT2D eigenvalue weighted by molar-refractivity contribution is 5.62. The number of hydrogen-bond donors (Lipinski definition) is 1. The summed E-state index contributed by atoms with van der Waals surface area (Å²) in [5, 5.41) is 14.3. The van der Waals surface area contributed by atoms with Crippen molar-refractivity contribution in [3.05, 3.63) is 22.2 Å². The molecule has 1 aromatic heterocycles. The Morgan fingerprint density at radius 1 is 1.60 bits per heavy atom. The zero-order valence-corrected chi connectivity index (χ0v) is 11.8. The van der Waals surface area contributed by atoms with Crippen LogP contribution in [0.25, 0.3) is 0 Å². The Labute approximate surface area is 118 Å². The van der Waals surface area contributed by atoms with Crippen LogP contribution < -0.4 is 10.2 Å². The fourth-order valence-corrected chi connectivity index (χ4v) is 2.28. The third-order valence-corrected chi connectivity index (χ3v) is 3.16. The van der Waals surface area contributed by atoms with Crippen LogP contribution in [0.1, 0.15) is 20.3 Å². The molecule has 2 rings (SSSR count). The van der Waals surface area contributed by atoms with Crippen molar-refractivity contribution in [2.75, 3.05) is 36.5 Å². The molecule has 110 valence electrons. The zero-order chi connectivity index (χ0) is 14.5. The highest BCUT2D eigenvalue weighted by atomic mass is 16.6. The lowest BCUT2D eigenvalue weighted by atomic mass is 10.3. The predicted octanol–water partition coefficient (Wildman–Crippen LogP) is 2.04. The van der Waals surface area contributed by atoms with Crippen molar-refractivity contribution < 1.29 is 9.66 Å². The van der Waals surface area contributed by atoms with Gasteiger partial charge >= 0.3 is 5.69 Å². The van der Waals surface area contributed by atoms with Crippen molar-refractivity contribution in [2.24, 2.45) is 0 Å². The summed E-state index contributed by atoms with van der Waals surface area (Å²) in [6.45, 7) is 6.67. The molecular weight excluding hydrogens is 260 g/mol. The first-order valence-corrected chi connectivity index (χ1v) is 6.87. The van der Waals surface area contributed by atoms with Gasteiger partial charge in [-0.2, -0.15) is 0 Å². The monoisotopic (exact) mass is 280 g/mol. The van der Waals surface area contributed by atoms with Crippen LogP contribution in [0.4, 0.5) is 17.3 Å². The van der Waals surface area contributed by atoms with E-state index in [0.29, 0.717) is 31.3 Å². The number of nitrogens with one attached hydrogen (secondary N) is 1. The molecule has 20 heavy (non-hydrogen) atoms. The Morgan fingerprint density at radius 2 is 2.40 bits per heavy atom. The second-order valence-corrected chi connectivity index (χ2v) is 4.81. The first kappa shape index (κ1) is 14.5. The Bertz CT molecular complexity index is 481. The minimum absolute atomic E-state index is 0.0424. The molecule has 1 fully saturated rings. The van der Waals surface area contributed by atoms with Gasteiger partial charge in [0.1, 0.15) is 5.82 Å². The molecular formula is C13H20N4O3. The van der Waals surface area contributed by atoms with Crippen molar-refractivity contribution in [3.63, 3.8) is 0 Å². The Hall–Kier alpha value is -1.89. The summed E-state index contributed by atoms with van der Waals surface area (Å²) in [6, 6.07) is 3.15. The molecule has 7 heteroatoms. The first-order chi connectivity index (χ1) is 9.61. The zero-order valence-electron chi connectivity index (χ0n) is 11.8. The molecule has 0 aliphatic carbocycles. The van der Waals surface area contributed by atoms with E-state index in [1.807, 2.05) is 18.7 Å². The number of pyridine rings is 1. The number of aromatic nitrogens is 1. The molecule has 0 radical (unpaired) electrons. The smallest absolute Gasteiger partial charge is 0.311 e. The van der Waals surface area contributed by atoms with Crippen molar-refractivity contribution in [2.45, 2.75) is 26.4 Å². The van der Waals surface area contributed by atoms with Crippen LogP contribution in [0.2, 0.25) is 0 Å². The molecule has 1 aromatic rings. The Kier molecular flexibility index (Phi) is 4.73.